The van der Waals surface area contributed by atoms with Crippen LogP contribution in [0.25, 0.3) is 0 Å². The summed E-state index contributed by atoms with van der Waals surface area (Å²) in [6.45, 7) is 1.59. The Bertz CT molecular complexity index is 420. The van der Waals surface area contributed by atoms with Crippen LogP contribution in [0.5, 0.6) is 5.75 Å². The summed E-state index contributed by atoms with van der Waals surface area (Å²) in [6.07, 6.45) is -4.47. The van der Waals surface area contributed by atoms with Crippen LogP contribution in [0.2, 0.25) is 0 Å². The second-order valence-corrected chi connectivity index (χ2v) is 4.87. The molecular weight excluding hydrogens is 269 g/mol. The van der Waals surface area contributed by atoms with Gasteiger partial charge in [-0.1, -0.05) is 19.1 Å². The lowest BCUT2D eigenvalue weighted by atomic mass is 10.2. The van der Waals surface area contributed by atoms with Gasteiger partial charge in [-0.3, -0.25) is 0 Å². The molecule has 0 aliphatic heterocycles. The largest absolute Gasteiger partial charge is 0.493 e. The quantitative estimate of drug-likeness (QED) is 0.845. The molecule has 2 atom stereocenters. The van der Waals surface area contributed by atoms with Crippen LogP contribution in [0.15, 0.2) is 24.3 Å². The fraction of sp³-hybridized carbons (Fsp3) is 0.455. The first-order valence-corrected chi connectivity index (χ1v) is 6.44. The van der Waals surface area contributed by atoms with Gasteiger partial charge in [-0.05, 0) is 12.1 Å². The van der Waals surface area contributed by atoms with E-state index in [1.54, 1.807) is 6.92 Å². The van der Waals surface area contributed by atoms with Crippen molar-refractivity contribution in [2.45, 2.75) is 13.1 Å². The molecule has 0 aromatic heterocycles. The molecule has 0 fully saturated rings. The molecule has 3 nitrogen and oxygen atoms in total. The minimum absolute atomic E-state index is 0.0335. The van der Waals surface area contributed by atoms with Gasteiger partial charge in [0.15, 0.2) is 11.1 Å². The lowest BCUT2D eigenvalue weighted by Gasteiger charge is -2.15. The van der Waals surface area contributed by atoms with Crippen molar-refractivity contribution < 1.29 is 26.7 Å². The third kappa shape index (κ3) is 4.66. The van der Waals surface area contributed by atoms with E-state index in [0.29, 0.717) is 0 Å². The number of halogens is 3. The van der Waals surface area contributed by atoms with Gasteiger partial charge in [-0.15, -0.1) is 0 Å². The van der Waals surface area contributed by atoms with Gasteiger partial charge in [-0.2, -0.15) is 13.2 Å². The van der Waals surface area contributed by atoms with E-state index in [9.17, 15) is 17.4 Å². The molecule has 1 rings (SSSR count). The molecule has 1 aromatic rings. The molecule has 2 unspecified atom stereocenters. The van der Waals surface area contributed by atoms with Gasteiger partial charge in [0.1, 0.15) is 5.75 Å². The van der Waals surface area contributed by atoms with Gasteiger partial charge in [0.2, 0.25) is 0 Å². The van der Waals surface area contributed by atoms with E-state index in [1.165, 1.54) is 18.2 Å². The number of alkyl halides is 3. The first-order chi connectivity index (χ1) is 8.30. The Balaban J connectivity index is 2.71. The Morgan fingerprint density at radius 1 is 1.39 bits per heavy atom. The fourth-order valence-electron chi connectivity index (χ4n) is 1.35. The van der Waals surface area contributed by atoms with E-state index in [-0.39, 0.29) is 24.0 Å². The number of hydrogen-bond acceptors (Lipinski definition) is 2. The summed E-state index contributed by atoms with van der Waals surface area (Å²) in [6, 6.07) is 4.89. The van der Waals surface area contributed by atoms with Gasteiger partial charge >= 0.3 is 6.18 Å². The average molecular weight is 282 g/mol. The lowest BCUT2D eigenvalue weighted by molar-refractivity contribution is -0.139. The predicted octanol–water partition coefficient (Wildman–Crippen LogP) is 2.94. The first-order valence-electron chi connectivity index (χ1n) is 5.17. The molecule has 0 saturated heterocycles. The highest BCUT2D eigenvalue weighted by atomic mass is 32.2. The number of ether oxygens (including phenoxy) is 1. The van der Waals surface area contributed by atoms with Gasteiger partial charge in [0.05, 0.1) is 17.9 Å². The summed E-state index contributed by atoms with van der Waals surface area (Å²) in [4.78, 5) is 0. The van der Waals surface area contributed by atoms with Gasteiger partial charge in [0, 0.05) is 5.92 Å². The van der Waals surface area contributed by atoms with Crippen molar-refractivity contribution in [1.82, 2.24) is 0 Å². The second kappa shape index (κ2) is 6.19. The third-order valence-electron chi connectivity index (χ3n) is 2.14. The van der Waals surface area contributed by atoms with Gasteiger partial charge < -0.3 is 9.29 Å². The van der Waals surface area contributed by atoms with Crippen LogP contribution in [-0.4, -0.2) is 21.1 Å². The molecule has 1 N–H and O–H groups in total. The zero-order valence-corrected chi connectivity index (χ0v) is 10.4. The minimum atomic E-state index is -4.47. The molecule has 0 bridgehead atoms. The predicted molar refractivity (Wildman–Crippen MR) is 61.7 cm³/mol. The Labute approximate surface area is 105 Å². The third-order valence-corrected chi connectivity index (χ3v) is 3.00. The van der Waals surface area contributed by atoms with E-state index in [1.807, 2.05) is 0 Å². The Morgan fingerprint density at radius 2 is 2.00 bits per heavy atom. The zero-order valence-electron chi connectivity index (χ0n) is 9.61. The zero-order chi connectivity index (χ0) is 13.8. The molecule has 18 heavy (non-hydrogen) atoms. The lowest BCUT2D eigenvalue weighted by Crippen LogP contribution is -2.17. The van der Waals surface area contributed by atoms with E-state index < -0.39 is 22.8 Å². The summed E-state index contributed by atoms with van der Waals surface area (Å²) in [5, 5.41) is 0. The molecule has 7 heteroatoms. The summed E-state index contributed by atoms with van der Waals surface area (Å²) >= 11 is -1.98. The smallest absolute Gasteiger partial charge is 0.419 e. The SMILES string of the molecule is CC(COc1ccccc1C(F)(F)F)CS(=O)O. The van der Waals surface area contributed by atoms with Crippen LogP contribution < -0.4 is 4.74 Å². The molecule has 0 aliphatic rings. The molecule has 0 heterocycles. The van der Waals surface area contributed by atoms with Crippen molar-refractivity contribution in [2.24, 2.45) is 5.92 Å². The number of para-hydroxylation sites is 1. The molecule has 0 spiro atoms. The van der Waals surface area contributed by atoms with E-state index in [2.05, 4.69) is 0 Å². The summed E-state index contributed by atoms with van der Waals surface area (Å²) in [5.41, 5.74) is -0.845. The second-order valence-electron chi connectivity index (χ2n) is 3.90. The van der Waals surface area contributed by atoms with E-state index >= 15 is 0 Å². The maximum absolute atomic E-state index is 12.6. The maximum atomic E-state index is 12.6. The molecule has 1 aromatic carbocycles. The van der Waals surface area contributed by atoms with Crippen molar-refractivity contribution in [1.29, 1.82) is 0 Å². The average Bonchev–Trinajstić information content (AvgIpc) is 2.24. The highest BCUT2D eigenvalue weighted by molar-refractivity contribution is 7.79. The Kier molecular flexibility index (Phi) is 5.15. The number of hydrogen-bond donors (Lipinski definition) is 1. The number of rotatable bonds is 5. The fourth-order valence-corrected chi connectivity index (χ4v) is 1.93. The van der Waals surface area contributed by atoms with Crippen LogP contribution in [0, 0.1) is 5.92 Å². The standard InChI is InChI=1S/C11H13F3O3S/c1-8(7-18(15)16)6-17-10-5-3-2-4-9(10)11(12,13)14/h2-5,8H,6-7H2,1H3,(H,15,16). The van der Waals surface area contributed by atoms with E-state index in [0.717, 1.165) is 6.07 Å². The summed E-state index contributed by atoms with van der Waals surface area (Å²) in [7, 11) is 0. The molecular formula is C11H13F3O3S. The van der Waals surface area contributed by atoms with Crippen LogP contribution >= 0.6 is 0 Å². The van der Waals surface area contributed by atoms with Crippen molar-refractivity contribution in [3.05, 3.63) is 29.8 Å². The monoisotopic (exact) mass is 282 g/mol. The molecule has 0 radical (unpaired) electrons. The molecule has 0 saturated carbocycles. The van der Waals surface area contributed by atoms with Crippen LogP contribution in [0.3, 0.4) is 0 Å². The highest BCUT2D eigenvalue weighted by Crippen LogP contribution is 2.35. The normalized spacial score (nSPS) is 15.2. The minimum Gasteiger partial charge on any atom is -0.493 e. The van der Waals surface area contributed by atoms with Crippen molar-refractivity contribution in [3.8, 4) is 5.75 Å². The van der Waals surface area contributed by atoms with Crippen LogP contribution in [0.4, 0.5) is 13.2 Å². The summed E-state index contributed by atoms with van der Waals surface area (Å²) in [5.74, 6) is -0.605. The molecule has 0 amide bonds. The summed E-state index contributed by atoms with van der Waals surface area (Å²) < 4.78 is 62.1. The Morgan fingerprint density at radius 3 is 2.56 bits per heavy atom. The molecule has 102 valence electrons. The van der Waals surface area contributed by atoms with Crippen molar-refractivity contribution in [2.75, 3.05) is 12.4 Å². The van der Waals surface area contributed by atoms with Crippen LogP contribution in [0.1, 0.15) is 12.5 Å². The van der Waals surface area contributed by atoms with Crippen molar-refractivity contribution in [3.63, 3.8) is 0 Å². The van der Waals surface area contributed by atoms with Gasteiger partial charge in [0.25, 0.3) is 0 Å². The maximum Gasteiger partial charge on any atom is 0.419 e. The Hall–Kier alpha value is -1.08. The van der Waals surface area contributed by atoms with E-state index in [4.69, 9.17) is 9.29 Å². The first kappa shape index (κ1) is 15.0. The molecule has 0 aliphatic carbocycles. The number of benzene rings is 1. The highest BCUT2D eigenvalue weighted by Gasteiger charge is 2.34. The van der Waals surface area contributed by atoms with Crippen molar-refractivity contribution >= 4 is 11.1 Å². The van der Waals surface area contributed by atoms with Gasteiger partial charge in [-0.25, -0.2) is 4.21 Å². The topological polar surface area (TPSA) is 46.5 Å². The van der Waals surface area contributed by atoms with Crippen LogP contribution in [-0.2, 0) is 17.3 Å².